The number of hydrogen-bond acceptors (Lipinski definition) is 2. The fourth-order valence-electron chi connectivity index (χ4n) is 2.60. The summed E-state index contributed by atoms with van der Waals surface area (Å²) in [6.07, 6.45) is 3.87. The van der Waals surface area contributed by atoms with Crippen molar-refractivity contribution < 1.29 is 4.74 Å². The molecule has 1 aromatic heterocycles. The van der Waals surface area contributed by atoms with E-state index in [0.717, 1.165) is 30.1 Å². The van der Waals surface area contributed by atoms with Crippen LogP contribution in [0.25, 0.3) is 0 Å². The molecular weight excluding hydrogens is 259 g/mol. The third-order valence-corrected chi connectivity index (χ3v) is 4.56. The lowest BCUT2D eigenvalue weighted by atomic mass is 9.94. The van der Waals surface area contributed by atoms with E-state index in [1.165, 1.54) is 0 Å². The average Bonchev–Trinajstić information content (AvgIpc) is 2.82. The Labute approximate surface area is 112 Å². The lowest BCUT2D eigenvalue weighted by molar-refractivity contribution is 0.181. The summed E-state index contributed by atoms with van der Waals surface area (Å²) in [5.41, 5.74) is 1.12. The van der Waals surface area contributed by atoms with Gasteiger partial charge in [0.15, 0.2) is 0 Å². The first-order chi connectivity index (χ1) is 8.15. The van der Waals surface area contributed by atoms with E-state index < -0.39 is 0 Å². The van der Waals surface area contributed by atoms with Gasteiger partial charge in [0.1, 0.15) is 0 Å². The normalized spacial score (nSPS) is 28.8. The Bertz CT molecular complexity index is 381. The van der Waals surface area contributed by atoms with E-state index in [1.54, 1.807) is 13.3 Å². The van der Waals surface area contributed by atoms with Gasteiger partial charge >= 0.3 is 0 Å². The van der Waals surface area contributed by atoms with Crippen molar-refractivity contribution in [1.29, 1.82) is 0 Å². The molecule has 5 heteroatoms. The second-order valence-electron chi connectivity index (χ2n) is 4.65. The van der Waals surface area contributed by atoms with Crippen LogP contribution in [-0.2, 0) is 11.3 Å². The van der Waals surface area contributed by atoms with Gasteiger partial charge in [0, 0.05) is 18.4 Å². The van der Waals surface area contributed by atoms with Crippen LogP contribution in [0.15, 0.2) is 6.20 Å². The summed E-state index contributed by atoms with van der Waals surface area (Å²) >= 11 is 12.5. The van der Waals surface area contributed by atoms with E-state index in [9.17, 15) is 0 Å². The molecule has 96 valence electrons. The highest BCUT2D eigenvalue weighted by Crippen LogP contribution is 2.44. The van der Waals surface area contributed by atoms with Crippen molar-refractivity contribution in [3.8, 4) is 0 Å². The van der Waals surface area contributed by atoms with Crippen LogP contribution >= 0.6 is 23.2 Å². The molecule has 3 unspecified atom stereocenters. The van der Waals surface area contributed by atoms with E-state index >= 15 is 0 Å². The first-order valence-corrected chi connectivity index (χ1v) is 6.80. The second-order valence-corrected chi connectivity index (χ2v) is 5.62. The fraction of sp³-hybridized carbons (Fsp3) is 0.750. The Morgan fingerprint density at radius 3 is 2.88 bits per heavy atom. The number of nitrogens with zero attached hydrogens (tertiary/aromatic N) is 2. The fourth-order valence-corrected chi connectivity index (χ4v) is 3.18. The zero-order valence-electron chi connectivity index (χ0n) is 10.2. The van der Waals surface area contributed by atoms with Gasteiger partial charge in [0.05, 0.1) is 30.1 Å². The molecule has 0 radical (unpaired) electrons. The highest BCUT2D eigenvalue weighted by atomic mass is 35.5. The lowest BCUT2D eigenvalue weighted by Gasteiger charge is -2.19. The number of hydrogen-bond donors (Lipinski definition) is 0. The molecule has 1 fully saturated rings. The minimum Gasteiger partial charge on any atom is -0.383 e. The zero-order valence-corrected chi connectivity index (χ0v) is 11.7. The molecule has 1 aromatic rings. The second kappa shape index (κ2) is 5.59. The number of alkyl halides is 1. The van der Waals surface area contributed by atoms with Crippen molar-refractivity contribution in [1.82, 2.24) is 9.78 Å². The number of methoxy groups -OCH3 is 1. The number of rotatable bonds is 4. The minimum absolute atomic E-state index is 0.252. The average molecular weight is 277 g/mol. The Morgan fingerprint density at radius 2 is 2.29 bits per heavy atom. The van der Waals surface area contributed by atoms with Crippen molar-refractivity contribution in [3.63, 3.8) is 0 Å². The van der Waals surface area contributed by atoms with Crippen molar-refractivity contribution in [3.05, 3.63) is 16.9 Å². The molecule has 17 heavy (non-hydrogen) atoms. The topological polar surface area (TPSA) is 27.1 Å². The number of ether oxygens (including phenoxy) is 1. The largest absolute Gasteiger partial charge is 0.383 e. The van der Waals surface area contributed by atoms with Crippen molar-refractivity contribution in [2.24, 2.45) is 5.92 Å². The molecule has 0 amide bonds. The molecule has 1 aliphatic carbocycles. The third-order valence-electron chi connectivity index (χ3n) is 3.65. The van der Waals surface area contributed by atoms with Gasteiger partial charge in [0.25, 0.3) is 0 Å². The van der Waals surface area contributed by atoms with E-state index in [2.05, 4.69) is 12.0 Å². The van der Waals surface area contributed by atoms with Gasteiger partial charge < -0.3 is 4.74 Å². The van der Waals surface area contributed by atoms with Gasteiger partial charge in [-0.15, -0.1) is 11.6 Å². The molecule has 3 atom stereocenters. The van der Waals surface area contributed by atoms with Crippen LogP contribution in [0.1, 0.15) is 31.4 Å². The summed E-state index contributed by atoms with van der Waals surface area (Å²) in [7, 11) is 1.69. The van der Waals surface area contributed by atoms with E-state index in [0.29, 0.717) is 18.4 Å². The van der Waals surface area contributed by atoms with E-state index in [-0.39, 0.29) is 5.38 Å². The molecule has 3 nitrogen and oxygen atoms in total. The zero-order chi connectivity index (χ0) is 12.4. The van der Waals surface area contributed by atoms with Crippen molar-refractivity contribution in [2.75, 3.05) is 13.7 Å². The van der Waals surface area contributed by atoms with Crippen LogP contribution in [0.3, 0.4) is 0 Å². The molecule has 1 heterocycles. The molecule has 0 bridgehead atoms. The molecule has 1 aliphatic rings. The van der Waals surface area contributed by atoms with Gasteiger partial charge in [0.2, 0.25) is 0 Å². The SMILES string of the molecule is COCCn1ncc(Cl)c1C1CCC(Cl)C1C. The maximum absolute atomic E-state index is 6.29. The summed E-state index contributed by atoms with van der Waals surface area (Å²) in [5.74, 6) is 0.872. The van der Waals surface area contributed by atoms with E-state index in [4.69, 9.17) is 27.9 Å². The summed E-state index contributed by atoms with van der Waals surface area (Å²) in [6, 6.07) is 0. The molecule has 0 N–H and O–H groups in total. The Morgan fingerprint density at radius 1 is 1.53 bits per heavy atom. The van der Waals surface area contributed by atoms with Gasteiger partial charge in [-0.25, -0.2) is 0 Å². The third kappa shape index (κ3) is 2.61. The van der Waals surface area contributed by atoms with Crippen LogP contribution in [0.5, 0.6) is 0 Å². The predicted octanol–water partition coefficient (Wildman–Crippen LogP) is 3.30. The molecule has 0 spiro atoms. The monoisotopic (exact) mass is 276 g/mol. The van der Waals surface area contributed by atoms with Gasteiger partial charge in [-0.2, -0.15) is 5.10 Å². The predicted molar refractivity (Wildman–Crippen MR) is 69.9 cm³/mol. The molecule has 0 aromatic carbocycles. The lowest BCUT2D eigenvalue weighted by Crippen LogP contribution is -2.16. The molecule has 2 rings (SSSR count). The van der Waals surface area contributed by atoms with E-state index in [1.807, 2.05) is 4.68 Å². The summed E-state index contributed by atoms with van der Waals surface area (Å²) in [6.45, 7) is 3.59. The van der Waals surface area contributed by atoms with Gasteiger partial charge in [-0.3, -0.25) is 4.68 Å². The first kappa shape index (κ1) is 13.2. The molecule has 0 saturated heterocycles. The maximum Gasteiger partial charge on any atom is 0.0820 e. The van der Waals surface area contributed by atoms with Crippen LogP contribution in [0.2, 0.25) is 5.02 Å². The highest BCUT2D eigenvalue weighted by molar-refractivity contribution is 6.31. The molecule has 0 aliphatic heterocycles. The minimum atomic E-state index is 0.252. The maximum atomic E-state index is 6.29. The van der Waals surface area contributed by atoms with Gasteiger partial charge in [-0.1, -0.05) is 18.5 Å². The Hall–Kier alpha value is -0.250. The number of aromatic nitrogens is 2. The first-order valence-electron chi connectivity index (χ1n) is 5.99. The number of halogens is 2. The summed E-state index contributed by atoms with van der Waals surface area (Å²) < 4.78 is 7.05. The van der Waals surface area contributed by atoms with Crippen LogP contribution in [0, 0.1) is 5.92 Å². The standard InChI is InChI=1S/C12H18Cl2N2O/c1-8-9(3-4-10(8)13)12-11(14)7-15-16(12)5-6-17-2/h7-10H,3-6H2,1-2H3. The quantitative estimate of drug-likeness (QED) is 0.789. The molecule has 1 saturated carbocycles. The highest BCUT2D eigenvalue weighted by Gasteiger charge is 2.35. The van der Waals surface area contributed by atoms with Crippen LogP contribution < -0.4 is 0 Å². The Balaban J connectivity index is 2.21. The van der Waals surface area contributed by atoms with Crippen molar-refractivity contribution >= 4 is 23.2 Å². The summed E-state index contributed by atoms with van der Waals surface area (Å²) in [4.78, 5) is 0. The smallest absolute Gasteiger partial charge is 0.0820 e. The van der Waals surface area contributed by atoms with Gasteiger partial charge in [-0.05, 0) is 18.8 Å². The Kier molecular flexibility index (Phi) is 4.34. The van der Waals surface area contributed by atoms with Crippen molar-refractivity contribution in [2.45, 2.75) is 37.6 Å². The molecular formula is C12H18Cl2N2O. The van der Waals surface area contributed by atoms with Crippen LogP contribution in [-0.4, -0.2) is 28.9 Å². The summed E-state index contributed by atoms with van der Waals surface area (Å²) in [5, 5.41) is 5.32. The van der Waals surface area contributed by atoms with Crippen LogP contribution in [0.4, 0.5) is 0 Å².